The van der Waals surface area contributed by atoms with E-state index in [-0.39, 0.29) is 5.41 Å². The highest BCUT2D eigenvalue weighted by atomic mass is 16.3. The smallest absolute Gasteiger partial charge is 0.0949 e. The lowest BCUT2D eigenvalue weighted by atomic mass is 9.88. The van der Waals surface area contributed by atoms with Crippen LogP contribution >= 0.6 is 0 Å². The van der Waals surface area contributed by atoms with Crippen LogP contribution in [-0.4, -0.2) is 0 Å². The molecule has 1 aromatic rings. The molecule has 0 amide bonds. The summed E-state index contributed by atoms with van der Waals surface area (Å²) in [5.41, 5.74) is 0.850. The van der Waals surface area contributed by atoms with Crippen molar-refractivity contribution in [2.24, 2.45) is 0 Å². The summed E-state index contributed by atoms with van der Waals surface area (Å²) in [5.74, 6) is 2.68. The van der Waals surface area contributed by atoms with E-state index in [1.807, 2.05) is 19.9 Å². The number of hydrogen-bond acceptors (Lipinski definition) is 1. The third kappa shape index (κ3) is 1.06. The largest absolute Gasteiger partial charge is 0.472 e. The van der Waals surface area contributed by atoms with E-state index in [1.54, 1.807) is 12.5 Å². The van der Waals surface area contributed by atoms with Gasteiger partial charge in [0.2, 0.25) is 0 Å². The Morgan fingerprint density at radius 2 is 2.30 bits per heavy atom. The van der Waals surface area contributed by atoms with E-state index < -0.39 is 0 Å². The molecule has 10 heavy (non-hydrogen) atoms. The third-order valence-electron chi connectivity index (χ3n) is 1.60. The Morgan fingerprint density at radius 3 is 2.70 bits per heavy atom. The van der Waals surface area contributed by atoms with E-state index in [0.717, 1.165) is 5.56 Å². The molecule has 0 saturated carbocycles. The summed E-state index contributed by atoms with van der Waals surface area (Å²) in [7, 11) is 0. The lowest BCUT2D eigenvalue weighted by molar-refractivity contribution is 0.555. The molecule has 1 heteroatoms. The minimum atomic E-state index is -0.201. The van der Waals surface area contributed by atoms with Gasteiger partial charge in [0.15, 0.2) is 0 Å². The maximum Gasteiger partial charge on any atom is 0.0949 e. The van der Waals surface area contributed by atoms with Crippen LogP contribution in [0.1, 0.15) is 19.4 Å². The molecule has 1 aromatic heterocycles. The first-order valence-corrected chi connectivity index (χ1v) is 3.17. The van der Waals surface area contributed by atoms with Gasteiger partial charge in [-0.3, -0.25) is 0 Å². The van der Waals surface area contributed by atoms with Crippen LogP contribution in [0, 0.1) is 12.3 Å². The standard InChI is InChI=1S/C9H10O/c1-4-9(2,3)8-5-6-10-7-8/h1,5-7H,2-3H3. The predicted molar refractivity (Wildman–Crippen MR) is 40.6 cm³/mol. The van der Waals surface area contributed by atoms with Gasteiger partial charge in [-0.1, -0.05) is 5.92 Å². The lowest BCUT2D eigenvalue weighted by Crippen LogP contribution is -2.11. The molecule has 0 saturated heterocycles. The van der Waals surface area contributed by atoms with Crippen molar-refractivity contribution >= 4 is 0 Å². The molecule has 1 heterocycles. The van der Waals surface area contributed by atoms with Crippen molar-refractivity contribution in [2.75, 3.05) is 0 Å². The minimum absolute atomic E-state index is 0.201. The van der Waals surface area contributed by atoms with Gasteiger partial charge in [-0.15, -0.1) is 6.42 Å². The van der Waals surface area contributed by atoms with Gasteiger partial charge in [-0.2, -0.15) is 0 Å². The second kappa shape index (κ2) is 2.22. The fourth-order valence-electron chi connectivity index (χ4n) is 0.703. The van der Waals surface area contributed by atoms with Gasteiger partial charge in [0, 0.05) is 5.56 Å². The highest BCUT2D eigenvalue weighted by Gasteiger charge is 2.17. The molecule has 1 nitrogen and oxygen atoms in total. The summed E-state index contributed by atoms with van der Waals surface area (Å²) in [4.78, 5) is 0. The van der Waals surface area contributed by atoms with Crippen molar-refractivity contribution in [1.82, 2.24) is 0 Å². The Kier molecular flexibility index (Phi) is 1.55. The fourth-order valence-corrected chi connectivity index (χ4v) is 0.703. The van der Waals surface area contributed by atoms with Crippen LogP contribution in [0.25, 0.3) is 0 Å². The normalized spacial score (nSPS) is 10.9. The quantitative estimate of drug-likeness (QED) is 0.536. The monoisotopic (exact) mass is 134 g/mol. The summed E-state index contributed by atoms with van der Waals surface area (Å²) in [5, 5.41) is 0. The SMILES string of the molecule is C#CC(C)(C)c1ccoc1. The molecule has 0 radical (unpaired) electrons. The van der Waals surface area contributed by atoms with Crippen molar-refractivity contribution in [3.05, 3.63) is 24.2 Å². The van der Waals surface area contributed by atoms with Crippen LogP contribution in [0.2, 0.25) is 0 Å². The van der Waals surface area contributed by atoms with Crippen LogP contribution < -0.4 is 0 Å². The van der Waals surface area contributed by atoms with Gasteiger partial charge in [0.25, 0.3) is 0 Å². The first kappa shape index (κ1) is 6.95. The van der Waals surface area contributed by atoms with E-state index >= 15 is 0 Å². The summed E-state index contributed by atoms with van der Waals surface area (Å²) in [6.07, 6.45) is 8.62. The molecular weight excluding hydrogens is 124 g/mol. The molecule has 52 valence electrons. The van der Waals surface area contributed by atoms with Gasteiger partial charge < -0.3 is 4.42 Å². The molecule has 0 unspecified atom stereocenters. The number of hydrogen-bond donors (Lipinski definition) is 0. The first-order valence-electron chi connectivity index (χ1n) is 3.17. The fraction of sp³-hybridized carbons (Fsp3) is 0.333. The Hall–Kier alpha value is -1.16. The second-order valence-electron chi connectivity index (χ2n) is 2.78. The molecule has 0 fully saturated rings. The van der Waals surface area contributed by atoms with Crippen molar-refractivity contribution in [1.29, 1.82) is 0 Å². The zero-order valence-electron chi connectivity index (χ0n) is 6.22. The highest BCUT2D eigenvalue weighted by molar-refractivity contribution is 5.28. The van der Waals surface area contributed by atoms with E-state index in [9.17, 15) is 0 Å². The van der Waals surface area contributed by atoms with Gasteiger partial charge in [0.05, 0.1) is 17.9 Å². The van der Waals surface area contributed by atoms with E-state index in [0.29, 0.717) is 0 Å². The Morgan fingerprint density at radius 1 is 1.60 bits per heavy atom. The number of terminal acetylenes is 1. The van der Waals surface area contributed by atoms with Crippen molar-refractivity contribution in [3.8, 4) is 12.3 Å². The first-order chi connectivity index (χ1) is 4.67. The van der Waals surface area contributed by atoms with Crippen LogP contribution in [-0.2, 0) is 5.41 Å². The summed E-state index contributed by atoms with van der Waals surface area (Å²) in [6.45, 7) is 3.97. The summed E-state index contributed by atoms with van der Waals surface area (Å²) in [6, 6.07) is 1.89. The maximum atomic E-state index is 5.31. The van der Waals surface area contributed by atoms with Crippen LogP contribution in [0.15, 0.2) is 23.0 Å². The molecule has 0 atom stereocenters. The average molecular weight is 134 g/mol. The van der Waals surface area contributed by atoms with Crippen LogP contribution in [0.4, 0.5) is 0 Å². The van der Waals surface area contributed by atoms with Crippen molar-refractivity contribution in [3.63, 3.8) is 0 Å². The van der Waals surface area contributed by atoms with Gasteiger partial charge >= 0.3 is 0 Å². The van der Waals surface area contributed by atoms with Crippen LogP contribution in [0.5, 0.6) is 0 Å². The van der Waals surface area contributed by atoms with Crippen molar-refractivity contribution < 1.29 is 4.42 Å². The molecular formula is C9H10O. The molecule has 0 aromatic carbocycles. The molecule has 0 aliphatic rings. The summed E-state index contributed by atoms with van der Waals surface area (Å²) >= 11 is 0. The van der Waals surface area contributed by atoms with Gasteiger partial charge in [-0.25, -0.2) is 0 Å². The molecule has 0 spiro atoms. The molecule has 0 aliphatic carbocycles. The average Bonchev–Trinajstić information content (AvgIpc) is 2.38. The van der Waals surface area contributed by atoms with Gasteiger partial charge in [-0.05, 0) is 19.9 Å². The third-order valence-corrected chi connectivity index (χ3v) is 1.60. The zero-order valence-corrected chi connectivity index (χ0v) is 6.22. The molecule has 0 aliphatic heterocycles. The summed E-state index contributed by atoms with van der Waals surface area (Å²) < 4.78 is 4.91. The number of rotatable bonds is 1. The van der Waals surface area contributed by atoms with E-state index in [4.69, 9.17) is 10.8 Å². The molecule has 0 N–H and O–H groups in total. The second-order valence-corrected chi connectivity index (χ2v) is 2.78. The molecule has 0 bridgehead atoms. The number of furan rings is 1. The Labute approximate surface area is 61.0 Å². The van der Waals surface area contributed by atoms with E-state index in [2.05, 4.69) is 5.92 Å². The predicted octanol–water partition coefficient (Wildman–Crippen LogP) is 2.19. The highest BCUT2D eigenvalue weighted by Crippen LogP contribution is 2.21. The zero-order chi connectivity index (χ0) is 7.61. The van der Waals surface area contributed by atoms with Gasteiger partial charge in [0.1, 0.15) is 0 Å². The van der Waals surface area contributed by atoms with Crippen molar-refractivity contribution in [2.45, 2.75) is 19.3 Å². The van der Waals surface area contributed by atoms with E-state index in [1.165, 1.54) is 0 Å². The maximum absolute atomic E-state index is 5.31. The Bertz CT molecular complexity index is 236. The lowest BCUT2D eigenvalue weighted by Gasteiger charge is -2.13. The van der Waals surface area contributed by atoms with Crippen LogP contribution in [0.3, 0.4) is 0 Å². The topological polar surface area (TPSA) is 13.1 Å². The minimum Gasteiger partial charge on any atom is -0.472 e. The molecule has 1 rings (SSSR count). The Balaban J connectivity index is 2.99.